The van der Waals surface area contributed by atoms with Crippen LogP contribution in [0.5, 0.6) is 0 Å². The number of aromatic nitrogens is 2. The van der Waals surface area contributed by atoms with E-state index >= 15 is 0 Å². The minimum Gasteiger partial charge on any atom is -0.408 e. The van der Waals surface area contributed by atoms with Crippen molar-refractivity contribution in [3.63, 3.8) is 0 Å². The molecule has 5 nitrogen and oxygen atoms in total. The standard InChI is InChI=1S/C14H17N3O2/c1-9(2)13-16-17-14(19-13)15-12(18)10(3)11-7-5-4-6-8-11/h4-10H,1-3H3,(H,15,17,18). The molecule has 1 atom stereocenters. The van der Waals surface area contributed by atoms with Gasteiger partial charge in [-0.1, -0.05) is 49.3 Å². The average Bonchev–Trinajstić information content (AvgIpc) is 2.87. The van der Waals surface area contributed by atoms with Gasteiger partial charge in [0.2, 0.25) is 11.8 Å². The van der Waals surface area contributed by atoms with Gasteiger partial charge in [-0.2, -0.15) is 0 Å². The van der Waals surface area contributed by atoms with Gasteiger partial charge in [0.25, 0.3) is 0 Å². The van der Waals surface area contributed by atoms with Crippen LogP contribution in [0.2, 0.25) is 0 Å². The van der Waals surface area contributed by atoms with Crippen LogP contribution >= 0.6 is 0 Å². The predicted octanol–water partition coefficient (Wildman–Crippen LogP) is 2.94. The number of hydrogen-bond donors (Lipinski definition) is 1. The van der Waals surface area contributed by atoms with Crippen LogP contribution in [-0.2, 0) is 4.79 Å². The summed E-state index contributed by atoms with van der Waals surface area (Å²) in [5.74, 6) is 0.230. The molecule has 0 bridgehead atoms. The normalized spacial score (nSPS) is 12.4. The topological polar surface area (TPSA) is 68.0 Å². The second-order valence-corrected chi connectivity index (χ2v) is 4.72. The molecule has 0 aliphatic rings. The molecule has 0 aliphatic heterocycles. The minimum atomic E-state index is -0.268. The maximum Gasteiger partial charge on any atom is 0.322 e. The maximum absolute atomic E-state index is 12.1. The molecule has 0 fully saturated rings. The number of nitrogens with one attached hydrogen (secondary N) is 1. The molecule has 0 spiro atoms. The van der Waals surface area contributed by atoms with E-state index in [1.54, 1.807) is 0 Å². The Morgan fingerprint density at radius 1 is 1.16 bits per heavy atom. The molecule has 0 aliphatic carbocycles. The summed E-state index contributed by atoms with van der Waals surface area (Å²) < 4.78 is 5.35. The van der Waals surface area contributed by atoms with E-state index in [0.29, 0.717) is 5.89 Å². The van der Waals surface area contributed by atoms with Gasteiger partial charge in [-0.3, -0.25) is 10.1 Å². The van der Waals surface area contributed by atoms with Gasteiger partial charge in [-0.25, -0.2) is 0 Å². The third-order valence-corrected chi connectivity index (χ3v) is 2.86. The Hall–Kier alpha value is -2.17. The largest absolute Gasteiger partial charge is 0.408 e. The molecule has 19 heavy (non-hydrogen) atoms. The maximum atomic E-state index is 12.1. The van der Waals surface area contributed by atoms with Crippen molar-refractivity contribution in [3.8, 4) is 0 Å². The van der Waals surface area contributed by atoms with Gasteiger partial charge in [0, 0.05) is 5.92 Å². The van der Waals surface area contributed by atoms with E-state index in [1.807, 2.05) is 51.1 Å². The van der Waals surface area contributed by atoms with Crippen LogP contribution in [0.1, 0.15) is 44.1 Å². The molecule has 1 aromatic heterocycles. The van der Waals surface area contributed by atoms with E-state index in [1.165, 1.54) is 0 Å². The van der Waals surface area contributed by atoms with Crippen LogP contribution in [0.25, 0.3) is 0 Å². The molecule has 1 N–H and O–H groups in total. The van der Waals surface area contributed by atoms with Gasteiger partial charge in [-0.05, 0) is 12.5 Å². The number of anilines is 1. The highest BCUT2D eigenvalue weighted by Crippen LogP contribution is 2.19. The zero-order valence-corrected chi connectivity index (χ0v) is 11.3. The van der Waals surface area contributed by atoms with Gasteiger partial charge < -0.3 is 4.42 Å². The molecular formula is C14H17N3O2. The molecule has 0 radical (unpaired) electrons. The van der Waals surface area contributed by atoms with E-state index in [0.717, 1.165) is 5.56 Å². The van der Waals surface area contributed by atoms with Crippen LogP contribution < -0.4 is 5.32 Å². The van der Waals surface area contributed by atoms with Crippen molar-refractivity contribution in [2.45, 2.75) is 32.6 Å². The van der Waals surface area contributed by atoms with E-state index < -0.39 is 0 Å². The molecule has 5 heteroatoms. The predicted molar refractivity (Wildman–Crippen MR) is 71.9 cm³/mol. The fourth-order valence-electron chi connectivity index (χ4n) is 1.63. The number of amides is 1. The van der Waals surface area contributed by atoms with Crippen molar-refractivity contribution in [3.05, 3.63) is 41.8 Å². The fourth-order valence-corrected chi connectivity index (χ4v) is 1.63. The summed E-state index contributed by atoms with van der Waals surface area (Å²) >= 11 is 0. The van der Waals surface area contributed by atoms with Crippen molar-refractivity contribution < 1.29 is 9.21 Å². The molecule has 1 aromatic carbocycles. The van der Waals surface area contributed by atoms with Gasteiger partial charge in [0.1, 0.15) is 0 Å². The van der Waals surface area contributed by atoms with Crippen molar-refractivity contribution >= 4 is 11.9 Å². The van der Waals surface area contributed by atoms with Crippen molar-refractivity contribution in [1.29, 1.82) is 0 Å². The molecule has 2 rings (SSSR count). The van der Waals surface area contributed by atoms with Crippen LogP contribution in [0.15, 0.2) is 34.7 Å². The SMILES string of the molecule is CC(C)c1nnc(NC(=O)C(C)c2ccccc2)o1. The molecule has 100 valence electrons. The number of rotatable bonds is 4. The Morgan fingerprint density at radius 3 is 2.42 bits per heavy atom. The lowest BCUT2D eigenvalue weighted by atomic mass is 10.0. The Morgan fingerprint density at radius 2 is 1.84 bits per heavy atom. The van der Waals surface area contributed by atoms with Crippen molar-refractivity contribution in [2.75, 3.05) is 5.32 Å². The Labute approximate surface area is 112 Å². The smallest absolute Gasteiger partial charge is 0.322 e. The summed E-state index contributed by atoms with van der Waals surface area (Å²) in [5, 5.41) is 10.3. The van der Waals surface area contributed by atoms with Crippen LogP contribution in [-0.4, -0.2) is 16.1 Å². The van der Waals surface area contributed by atoms with Crippen LogP contribution in [0, 0.1) is 0 Å². The van der Waals surface area contributed by atoms with Gasteiger partial charge in [0.15, 0.2) is 0 Å². The van der Waals surface area contributed by atoms with Crippen LogP contribution in [0.3, 0.4) is 0 Å². The summed E-state index contributed by atoms with van der Waals surface area (Å²) in [6.45, 7) is 5.74. The molecule has 1 heterocycles. The molecule has 1 unspecified atom stereocenters. The summed E-state index contributed by atoms with van der Waals surface area (Å²) in [5.41, 5.74) is 0.948. The minimum absolute atomic E-state index is 0.143. The third-order valence-electron chi connectivity index (χ3n) is 2.86. The van der Waals surface area contributed by atoms with Crippen molar-refractivity contribution in [2.24, 2.45) is 0 Å². The van der Waals surface area contributed by atoms with Crippen LogP contribution in [0.4, 0.5) is 6.01 Å². The number of nitrogens with zero attached hydrogens (tertiary/aromatic N) is 2. The first-order chi connectivity index (χ1) is 9.08. The first-order valence-corrected chi connectivity index (χ1v) is 6.27. The third kappa shape index (κ3) is 3.19. The van der Waals surface area contributed by atoms with E-state index in [4.69, 9.17) is 4.42 Å². The van der Waals surface area contributed by atoms with E-state index in [9.17, 15) is 4.79 Å². The Balaban J connectivity index is 2.04. The Bertz CT molecular complexity index is 549. The zero-order chi connectivity index (χ0) is 13.8. The number of carbonyl (C=O) groups excluding carboxylic acids is 1. The quantitative estimate of drug-likeness (QED) is 0.916. The number of carbonyl (C=O) groups is 1. The highest BCUT2D eigenvalue weighted by molar-refractivity contribution is 5.93. The highest BCUT2D eigenvalue weighted by Gasteiger charge is 2.18. The Kier molecular flexibility index (Phi) is 3.94. The highest BCUT2D eigenvalue weighted by atomic mass is 16.4. The molecule has 0 saturated heterocycles. The fraction of sp³-hybridized carbons (Fsp3) is 0.357. The summed E-state index contributed by atoms with van der Waals surface area (Å²) in [7, 11) is 0. The average molecular weight is 259 g/mol. The van der Waals surface area contributed by atoms with E-state index in [-0.39, 0.29) is 23.8 Å². The molecule has 0 saturated carbocycles. The lowest BCUT2D eigenvalue weighted by molar-refractivity contribution is -0.117. The van der Waals surface area contributed by atoms with E-state index in [2.05, 4.69) is 15.5 Å². The van der Waals surface area contributed by atoms with Crippen molar-refractivity contribution in [1.82, 2.24) is 10.2 Å². The molecule has 2 aromatic rings. The summed E-state index contributed by atoms with van der Waals surface area (Å²) in [6, 6.07) is 9.71. The van der Waals surface area contributed by atoms with Gasteiger partial charge in [-0.15, -0.1) is 5.10 Å². The van der Waals surface area contributed by atoms with Gasteiger partial charge in [0.05, 0.1) is 5.92 Å². The molecular weight excluding hydrogens is 242 g/mol. The molecule has 1 amide bonds. The monoisotopic (exact) mass is 259 g/mol. The first-order valence-electron chi connectivity index (χ1n) is 6.27. The second-order valence-electron chi connectivity index (χ2n) is 4.72. The number of benzene rings is 1. The second kappa shape index (κ2) is 5.65. The summed E-state index contributed by atoms with van der Waals surface area (Å²) in [6.07, 6.45) is 0. The first kappa shape index (κ1) is 13.3. The zero-order valence-electron chi connectivity index (χ0n) is 11.3. The lowest BCUT2D eigenvalue weighted by Gasteiger charge is -2.09. The lowest BCUT2D eigenvalue weighted by Crippen LogP contribution is -2.19. The van der Waals surface area contributed by atoms with Gasteiger partial charge >= 0.3 is 6.01 Å². The summed E-state index contributed by atoms with van der Waals surface area (Å²) in [4.78, 5) is 12.1. The number of hydrogen-bond acceptors (Lipinski definition) is 4.